The minimum absolute atomic E-state index is 0.00186. The van der Waals surface area contributed by atoms with Gasteiger partial charge < -0.3 is 24.8 Å². The van der Waals surface area contributed by atoms with Crippen LogP contribution in [-0.4, -0.2) is 80.7 Å². The molecule has 0 atom stereocenters. The van der Waals surface area contributed by atoms with Crippen molar-refractivity contribution < 1.29 is 14.2 Å². The first-order valence-electron chi connectivity index (χ1n) is 7.36. The van der Waals surface area contributed by atoms with Gasteiger partial charge in [0.25, 0.3) is 0 Å². The summed E-state index contributed by atoms with van der Waals surface area (Å²) in [6.45, 7) is 6.29. The first-order valence-corrected chi connectivity index (χ1v) is 9.00. The fourth-order valence-corrected chi connectivity index (χ4v) is 3.59. The Bertz CT molecular complexity index is 298. The third-order valence-electron chi connectivity index (χ3n) is 3.86. The molecule has 1 heterocycles. The van der Waals surface area contributed by atoms with Crippen molar-refractivity contribution >= 4 is 29.0 Å². The largest absolute Gasteiger partial charge is 0.392 e. The van der Waals surface area contributed by atoms with E-state index in [-0.39, 0.29) is 4.75 Å². The minimum atomic E-state index is 0.00186. The third-order valence-corrected chi connectivity index (χ3v) is 5.79. The number of thioether (sulfide) groups is 1. The number of piperidine rings is 1. The average molecular weight is 337 g/mol. The molecule has 0 spiro atoms. The lowest BCUT2D eigenvalue weighted by molar-refractivity contribution is 0.0182. The van der Waals surface area contributed by atoms with E-state index in [1.807, 2.05) is 0 Å². The minimum Gasteiger partial charge on any atom is -0.392 e. The average Bonchev–Trinajstić information content (AvgIpc) is 2.50. The molecule has 0 aromatic heterocycles. The summed E-state index contributed by atoms with van der Waals surface area (Å²) < 4.78 is 15.8. The fourth-order valence-electron chi connectivity index (χ4n) is 2.35. The Balaban J connectivity index is 2.04. The number of thiocarbonyl (C=S) groups is 1. The lowest BCUT2D eigenvalue weighted by atomic mass is 9.95. The number of methoxy groups -OCH3 is 1. The van der Waals surface area contributed by atoms with Crippen LogP contribution in [0.4, 0.5) is 0 Å². The highest BCUT2D eigenvalue weighted by molar-refractivity contribution is 8.02. The number of hydrogen-bond acceptors (Lipinski definition) is 6. The zero-order chi connectivity index (χ0) is 15.6. The Morgan fingerprint density at radius 2 is 1.71 bits per heavy atom. The Labute approximate surface area is 137 Å². The molecule has 0 bridgehead atoms. The summed E-state index contributed by atoms with van der Waals surface area (Å²) in [6.07, 6.45) is 4.16. The van der Waals surface area contributed by atoms with Crippen LogP contribution in [0.25, 0.3) is 0 Å². The van der Waals surface area contributed by atoms with Crippen LogP contribution in [0.5, 0.6) is 0 Å². The zero-order valence-corrected chi connectivity index (χ0v) is 14.8. The van der Waals surface area contributed by atoms with Gasteiger partial charge in [-0.2, -0.15) is 11.8 Å². The van der Waals surface area contributed by atoms with E-state index in [1.165, 1.54) is 0 Å². The summed E-state index contributed by atoms with van der Waals surface area (Å²) in [5.41, 5.74) is 5.89. The summed E-state index contributed by atoms with van der Waals surface area (Å²) in [6, 6.07) is 0. The quantitative estimate of drug-likeness (QED) is 0.449. The molecule has 5 nitrogen and oxygen atoms in total. The van der Waals surface area contributed by atoms with Gasteiger partial charge in [-0.15, -0.1) is 0 Å². The SMILES string of the molecule is COCCOCCOCCN1CCC(SC)(C(N)=S)CC1. The van der Waals surface area contributed by atoms with Crippen LogP contribution in [0.1, 0.15) is 12.8 Å². The van der Waals surface area contributed by atoms with Gasteiger partial charge in [0.05, 0.1) is 42.8 Å². The van der Waals surface area contributed by atoms with Crippen LogP contribution in [0, 0.1) is 0 Å². The standard InChI is InChI=1S/C14H28N2O3S2/c1-17-9-10-19-12-11-18-8-7-16-5-3-14(21-2,4-6-16)13(15)20/h3-12H2,1-2H3,(H2,15,20). The molecule has 0 saturated carbocycles. The molecule has 7 heteroatoms. The second kappa shape index (κ2) is 10.7. The Morgan fingerprint density at radius 1 is 1.14 bits per heavy atom. The first kappa shape index (κ1) is 19.1. The molecule has 1 saturated heterocycles. The second-order valence-corrected chi connectivity index (χ2v) is 6.75. The van der Waals surface area contributed by atoms with Crippen LogP contribution in [-0.2, 0) is 14.2 Å². The molecule has 0 amide bonds. The maximum Gasteiger partial charge on any atom is 0.0891 e. The Morgan fingerprint density at radius 3 is 2.24 bits per heavy atom. The van der Waals surface area contributed by atoms with Gasteiger partial charge in [0.2, 0.25) is 0 Å². The first-order chi connectivity index (χ1) is 10.1. The highest BCUT2D eigenvalue weighted by Gasteiger charge is 2.36. The van der Waals surface area contributed by atoms with Gasteiger partial charge in [0, 0.05) is 13.7 Å². The number of nitrogens with zero attached hydrogens (tertiary/aromatic N) is 1. The normalized spacial score (nSPS) is 18.8. The summed E-state index contributed by atoms with van der Waals surface area (Å²) in [7, 11) is 1.67. The molecule has 2 N–H and O–H groups in total. The molecule has 0 aromatic rings. The molecule has 0 aliphatic carbocycles. The van der Waals surface area contributed by atoms with Gasteiger partial charge in [0.1, 0.15) is 0 Å². The Kier molecular flexibility index (Phi) is 9.79. The summed E-state index contributed by atoms with van der Waals surface area (Å²) in [4.78, 5) is 3.07. The van der Waals surface area contributed by atoms with E-state index in [9.17, 15) is 0 Å². The summed E-state index contributed by atoms with van der Waals surface area (Å²) in [5.74, 6) is 0. The topological polar surface area (TPSA) is 57.0 Å². The van der Waals surface area contributed by atoms with Crippen molar-refractivity contribution in [3.63, 3.8) is 0 Å². The van der Waals surface area contributed by atoms with Crippen LogP contribution < -0.4 is 5.73 Å². The molecule has 124 valence electrons. The number of nitrogens with two attached hydrogens (primary N) is 1. The predicted octanol–water partition coefficient (Wildman–Crippen LogP) is 1.15. The lowest BCUT2D eigenvalue weighted by Crippen LogP contribution is -2.49. The van der Waals surface area contributed by atoms with E-state index in [1.54, 1.807) is 18.9 Å². The molecule has 0 unspecified atom stereocenters. The van der Waals surface area contributed by atoms with Gasteiger partial charge in [-0.1, -0.05) is 12.2 Å². The van der Waals surface area contributed by atoms with Gasteiger partial charge in [-0.3, -0.25) is 0 Å². The number of rotatable bonds is 11. The smallest absolute Gasteiger partial charge is 0.0891 e. The van der Waals surface area contributed by atoms with Crippen molar-refractivity contribution in [3.8, 4) is 0 Å². The van der Waals surface area contributed by atoms with Crippen LogP contribution in [0.15, 0.2) is 0 Å². The summed E-state index contributed by atoms with van der Waals surface area (Å²) in [5, 5.41) is 0. The van der Waals surface area contributed by atoms with E-state index in [2.05, 4.69) is 11.2 Å². The number of hydrogen-bond donors (Lipinski definition) is 1. The van der Waals surface area contributed by atoms with Crippen molar-refractivity contribution in [3.05, 3.63) is 0 Å². The highest BCUT2D eigenvalue weighted by Crippen LogP contribution is 2.34. The van der Waals surface area contributed by atoms with Crippen molar-refractivity contribution in [2.75, 3.05) is 66.0 Å². The molecule has 1 fully saturated rings. The monoisotopic (exact) mass is 336 g/mol. The van der Waals surface area contributed by atoms with Crippen LogP contribution in [0.2, 0.25) is 0 Å². The van der Waals surface area contributed by atoms with E-state index in [0.29, 0.717) is 31.4 Å². The van der Waals surface area contributed by atoms with Crippen LogP contribution >= 0.6 is 24.0 Å². The van der Waals surface area contributed by atoms with Gasteiger partial charge in [0.15, 0.2) is 0 Å². The van der Waals surface area contributed by atoms with Crippen molar-refractivity contribution in [2.24, 2.45) is 5.73 Å². The molecule has 1 rings (SSSR count). The van der Waals surface area contributed by atoms with Gasteiger partial charge in [-0.25, -0.2) is 0 Å². The van der Waals surface area contributed by atoms with Crippen LogP contribution in [0.3, 0.4) is 0 Å². The fraction of sp³-hybridized carbons (Fsp3) is 0.929. The molecule has 0 radical (unpaired) electrons. The molecule has 21 heavy (non-hydrogen) atoms. The van der Waals surface area contributed by atoms with Crippen molar-refractivity contribution in [2.45, 2.75) is 17.6 Å². The summed E-state index contributed by atoms with van der Waals surface area (Å²) >= 11 is 7.02. The molecule has 1 aliphatic heterocycles. The zero-order valence-electron chi connectivity index (χ0n) is 13.1. The Hall–Kier alpha value is 0.0800. The van der Waals surface area contributed by atoms with E-state index < -0.39 is 0 Å². The second-order valence-electron chi connectivity index (χ2n) is 5.12. The van der Waals surface area contributed by atoms with E-state index in [4.69, 9.17) is 32.2 Å². The maximum absolute atomic E-state index is 5.89. The molecular formula is C14H28N2O3S2. The van der Waals surface area contributed by atoms with Crippen molar-refractivity contribution in [1.29, 1.82) is 0 Å². The molecular weight excluding hydrogens is 308 g/mol. The van der Waals surface area contributed by atoms with E-state index in [0.717, 1.165) is 39.1 Å². The molecule has 1 aliphatic rings. The van der Waals surface area contributed by atoms with Gasteiger partial charge in [-0.05, 0) is 32.2 Å². The third kappa shape index (κ3) is 6.80. The van der Waals surface area contributed by atoms with Gasteiger partial charge >= 0.3 is 0 Å². The number of ether oxygens (including phenoxy) is 3. The predicted molar refractivity (Wildman–Crippen MR) is 92.2 cm³/mol. The maximum atomic E-state index is 5.89. The number of likely N-dealkylation sites (tertiary alicyclic amines) is 1. The van der Waals surface area contributed by atoms with E-state index >= 15 is 0 Å². The van der Waals surface area contributed by atoms with Crippen molar-refractivity contribution in [1.82, 2.24) is 4.90 Å². The highest BCUT2D eigenvalue weighted by atomic mass is 32.2. The lowest BCUT2D eigenvalue weighted by Gasteiger charge is -2.40. The molecule has 0 aromatic carbocycles.